The predicted octanol–water partition coefficient (Wildman–Crippen LogP) is 4.00. The van der Waals surface area contributed by atoms with Gasteiger partial charge in [-0.1, -0.05) is 33.3 Å². The lowest BCUT2D eigenvalue weighted by molar-refractivity contribution is 0.331. The van der Waals surface area contributed by atoms with Gasteiger partial charge in [-0.05, 0) is 44.1 Å². The maximum Gasteiger partial charge on any atom is 0.160 e. The van der Waals surface area contributed by atoms with E-state index in [1.807, 2.05) is 19.9 Å². The largest absolute Gasteiger partial charge is 0.493 e. The highest BCUT2D eigenvalue weighted by atomic mass is 16.5. The molecule has 1 aromatic carbocycles. The number of ether oxygens (including phenoxy) is 2. The van der Waals surface area contributed by atoms with Crippen molar-refractivity contribution in [1.82, 2.24) is 4.90 Å². The van der Waals surface area contributed by atoms with E-state index in [-0.39, 0.29) is 0 Å². The van der Waals surface area contributed by atoms with E-state index in [0.29, 0.717) is 0 Å². The SMILES string of the molecule is CC.CCCCN(C)CCc1ccc(OC)c(OC)c1. The summed E-state index contributed by atoms with van der Waals surface area (Å²) >= 11 is 0. The minimum Gasteiger partial charge on any atom is -0.493 e. The van der Waals surface area contributed by atoms with Gasteiger partial charge >= 0.3 is 0 Å². The molecule has 0 amide bonds. The minimum atomic E-state index is 0.792. The average Bonchev–Trinajstić information content (AvgIpc) is 2.52. The molecular weight excluding hydrogens is 250 g/mol. The van der Waals surface area contributed by atoms with Crippen LogP contribution in [0.5, 0.6) is 11.5 Å². The summed E-state index contributed by atoms with van der Waals surface area (Å²) in [6.07, 6.45) is 3.56. The highest BCUT2D eigenvalue weighted by molar-refractivity contribution is 5.42. The standard InChI is InChI=1S/C15H25NO2.C2H6/c1-5-6-10-16(2)11-9-13-7-8-14(17-3)15(12-13)18-4;1-2/h7-8,12H,5-6,9-11H2,1-4H3;1-2H3. The van der Waals surface area contributed by atoms with Crippen molar-refractivity contribution in [2.24, 2.45) is 0 Å². The molecule has 0 unspecified atom stereocenters. The summed E-state index contributed by atoms with van der Waals surface area (Å²) in [7, 11) is 5.52. The molecule has 0 heterocycles. The molecule has 0 spiro atoms. The highest BCUT2D eigenvalue weighted by Gasteiger charge is 2.05. The van der Waals surface area contributed by atoms with Gasteiger partial charge in [0.05, 0.1) is 14.2 Å². The summed E-state index contributed by atoms with van der Waals surface area (Å²) in [6, 6.07) is 6.14. The topological polar surface area (TPSA) is 21.7 Å². The van der Waals surface area contributed by atoms with Crippen LogP contribution in [-0.2, 0) is 6.42 Å². The van der Waals surface area contributed by atoms with Gasteiger partial charge in [-0.3, -0.25) is 0 Å². The lowest BCUT2D eigenvalue weighted by atomic mass is 10.1. The van der Waals surface area contributed by atoms with Crippen LogP contribution in [0.3, 0.4) is 0 Å². The summed E-state index contributed by atoms with van der Waals surface area (Å²) in [6.45, 7) is 8.47. The van der Waals surface area contributed by atoms with Gasteiger partial charge in [-0.15, -0.1) is 0 Å². The van der Waals surface area contributed by atoms with Crippen molar-refractivity contribution in [2.75, 3.05) is 34.4 Å². The first kappa shape index (κ1) is 18.8. The number of rotatable bonds is 8. The molecule has 0 aliphatic rings. The zero-order valence-electron chi connectivity index (χ0n) is 14.0. The Bertz CT molecular complexity index is 353. The van der Waals surface area contributed by atoms with Crippen molar-refractivity contribution in [1.29, 1.82) is 0 Å². The summed E-state index contributed by atoms with van der Waals surface area (Å²) in [4.78, 5) is 2.38. The Balaban J connectivity index is 0.00000172. The molecule has 0 aliphatic heterocycles. The van der Waals surface area contributed by atoms with E-state index in [0.717, 1.165) is 24.5 Å². The first-order valence-electron chi connectivity index (χ1n) is 7.60. The molecule has 1 rings (SSSR count). The molecule has 0 radical (unpaired) electrons. The summed E-state index contributed by atoms with van der Waals surface area (Å²) in [5.74, 6) is 1.60. The zero-order valence-corrected chi connectivity index (χ0v) is 14.0. The van der Waals surface area contributed by atoms with E-state index in [4.69, 9.17) is 9.47 Å². The van der Waals surface area contributed by atoms with Gasteiger partial charge in [0.15, 0.2) is 11.5 Å². The molecule has 0 aliphatic carbocycles. The van der Waals surface area contributed by atoms with E-state index in [1.54, 1.807) is 14.2 Å². The second-order valence-corrected chi connectivity index (χ2v) is 4.60. The molecule has 0 fully saturated rings. The quantitative estimate of drug-likeness (QED) is 0.719. The van der Waals surface area contributed by atoms with Crippen LogP contribution in [0.15, 0.2) is 18.2 Å². The van der Waals surface area contributed by atoms with Crippen molar-refractivity contribution in [2.45, 2.75) is 40.0 Å². The van der Waals surface area contributed by atoms with Crippen LogP contribution >= 0.6 is 0 Å². The number of methoxy groups -OCH3 is 2. The number of hydrogen-bond acceptors (Lipinski definition) is 3. The second kappa shape index (κ2) is 11.6. The Hall–Kier alpha value is -1.22. The van der Waals surface area contributed by atoms with Crippen molar-refractivity contribution in [3.8, 4) is 11.5 Å². The van der Waals surface area contributed by atoms with E-state index >= 15 is 0 Å². The molecule has 1 aromatic rings. The van der Waals surface area contributed by atoms with Crippen LogP contribution in [0.25, 0.3) is 0 Å². The number of hydrogen-bond donors (Lipinski definition) is 0. The van der Waals surface area contributed by atoms with Gasteiger partial charge in [0.1, 0.15) is 0 Å². The molecule has 3 heteroatoms. The zero-order chi connectivity index (χ0) is 15.4. The first-order chi connectivity index (χ1) is 9.71. The highest BCUT2D eigenvalue weighted by Crippen LogP contribution is 2.27. The second-order valence-electron chi connectivity index (χ2n) is 4.60. The van der Waals surface area contributed by atoms with Crippen molar-refractivity contribution >= 4 is 0 Å². The maximum atomic E-state index is 5.31. The lowest BCUT2D eigenvalue weighted by Gasteiger charge is -2.16. The molecule has 0 aromatic heterocycles. The number of nitrogens with zero attached hydrogens (tertiary/aromatic N) is 1. The van der Waals surface area contributed by atoms with Crippen LogP contribution in [-0.4, -0.2) is 39.3 Å². The molecule has 0 atom stereocenters. The summed E-state index contributed by atoms with van der Waals surface area (Å²) < 4.78 is 10.5. The maximum absolute atomic E-state index is 5.31. The number of unbranched alkanes of at least 4 members (excludes halogenated alkanes) is 1. The van der Waals surface area contributed by atoms with Crippen LogP contribution in [0.1, 0.15) is 39.2 Å². The molecule has 0 saturated carbocycles. The van der Waals surface area contributed by atoms with E-state index < -0.39 is 0 Å². The van der Waals surface area contributed by atoms with Gasteiger partial charge in [0.2, 0.25) is 0 Å². The molecule has 3 nitrogen and oxygen atoms in total. The van der Waals surface area contributed by atoms with Crippen LogP contribution in [0.4, 0.5) is 0 Å². The fourth-order valence-corrected chi connectivity index (χ4v) is 1.90. The Morgan fingerprint density at radius 1 is 1.00 bits per heavy atom. The molecule has 0 bridgehead atoms. The van der Waals surface area contributed by atoms with Crippen LogP contribution in [0.2, 0.25) is 0 Å². The Morgan fingerprint density at radius 2 is 1.65 bits per heavy atom. The summed E-state index contributed by atoms with van der Waals surface area (Å²) in [5.41, 5.74) is 1.29. The van der Waals surface area contributed by atoms with Crippen LogP contribution in [0, 0.1) is 0 Å². The average molecular weight is 281 g/mol. The van der Waals surface area contributed by atoms with Gasteiger partial charge in [0, 0.05) is 6.54 Å². The molecule has 0 saturated heterocycles. The molecule has 20 heavy (non-hydrogen) atoms. The summed E-state index contributed by atoms with van der Waals surface area (Å²) in [5, 5.41) is 0. The third-order valence-corrected chi connectivity index (χ3v) is 3.12. The van der Waals surface area contributed by atoms with Crippen molar-refractivity contribution in [3.63, 3.8) is 0 Å². The first-order valence-corrected chi connectivity index (χ1v) is 7.60. The fraction of sp³-hybridized carbons (Fsp3) is 0.647. The van der Waals surface area contributed by atoms with Gasteiger partial charge in [-0.25, -0.2) is 0 Å². The smallest absolute Gasteiger partial charge is 0.160 e. The van der Waals surface area contributed by atoms with E-state index in [9.17, 15) is 0 Å². The van der Waals surface area contributed by atoms with Gasteiger partial charge < -0.3 is 14.4 Å². The molecule has 0 N–H and O–H groups in total. The van der Waals surface area contributed by atoms with Crippen LogP contribution < -0.4 is 9.47 Å². The number of benzene rings is 1. The minimum absolute atomic E-state index is 0.792. The fourth-order valence-electron chi connectivity index (χ4n) is 1.90. The van der Waals surface area contributed by atoms with Gasteiger partial charge in [0.25, 0.3) is 0 Å². The van der Waals surface area contributed by atoms with E-state index in [1.165, 1.54) is 24.9 Å². The van der Waals surface area contributed by atoms with Gasteiger partial charge in [-0.2, -0.15) is 0 Å². The third-order valence-electron chi connectivity index (χ3n) is 3.12. The third kappa shape index (κ3) is 6.80. The monoisotopic (exact) mass is 281 g/mol. The Kier molecular flexibility index (Phi) is 10.9. The number of likely N-dealkylation sites (N-methyl/N-ethyl adjacent to an activating group) is 1. The van der Waals surface area contributed by atoms with Crippen molar-refractivity contribution < 1.29 is 9.47 Å². The van der Waals surface area contributed by atoms with E-state index in [2.05, 4.69) is 31.0 Å². The lowest BCUT2D eigenvalue weighted by Crippen LogP contribution is -2.22. The predicted molar refractivity (Wildman–Crippen MR) is 87.0 cm³/mol. The Morgan fingerprint density at radius 3 is 2.20 bits per heavy atom. The Labute approximate surface area is 124 Å². The normalized spacial score (nSPS) is 9.95. The van der Waals surface area contributed by atoms with Crippen molar-refractivity contribution in [3.05, 3.63) is 23.8 Å². The molecular formula is C17H31NO2. The molecule has 116 valence electrons.